The maximum absolute atomic E-state index is 2.46. The van der Waals surface area contributed by atoms with Gasteiger partial charge in [0.2, 0.25) is 0 Å². The Hall–Kier alpha value is -7.16. The molecule has 0 N–H and O–H groups in total. The van der Waals surface area contributed by atoms with E-state index in [2.05, 4.69) is 215 Å². The number of benzene rings is 9. The Morgan fingerprint density at radius 2 is 0.852 bits per heavy atom. The molecule has 252 valence electrons. The minimum Gasteiger partial charge on any atom is -0.309 e. The van der Waals surface area contributed by atoms with E-state index in [9.17, 15) is 0 Å². The number of aromatic nitrogens is 2. The third-order valence-corrected chi connectivity index (χ3v) is 11.1. The van der Waals surface area contributed by atoms with E-state index in [4.69, 9.17) is 0 Å². The van der Waals surface area contributed by atoms with Crippen LogP contribution in [0.1, 0.15) is 0 Å². The summed E-state index contributed by atoms with van der Waals surface area (Å²) in [5.74, 6) is 0. The monoisotopic (exact) mass is 686 g/mol. The lowest BCUT2D eigenvalue weighted by atomic mass is 9.97. The first-order valence-corrected chi connectivity index (χ1v) is 18.6. The lowest BCUT2D eigenvalue weighted by Gasteiger charge is -2.14. The Bertz CT molecular complexity index is 3200. The van der Waals surface area contributed by atoms with E-state index in [-0.39, 0.29) is 0 Å². The van der Waals surface area contributed by atoms with Crippen molar-refractivity contribution in [1.82, 2.24) is 9.13 Å². The number of hydrogen-bond acceptors (Lipinski definition) is 0. The van der Waals surface area contributed by atoms with Gasteiger partial charge in [0.15, 0.2) is 0 Å². The second-order valence-electron chi connectivity index (χ2n) is 14.1. The van der Waals surface area contributed by atoms with Crippen LogP contribution in [0.4, 0.5) is 0 Å². The molecule has 0 saturated carbocycles. The molecular formula is C52H34N2. The fraction of sp³-hybridized carbons (Fsp3) is 0. The van der Waals surface area contributed by atoms with Gasteiger partial charge in [-0.15, -0.1) is 0 Å². The zero-order valence-corrected chi connectivity index (χ0v) is 29.5. The standard InChI is InChI=1S/C52H34N2/c1-3-15-36(16-4-1)42-20-9-11-23-47(42)54-50-31-28-40(34-46(50)52-43(22-13-25-51(52)54)37-17-5-2-6-18-37)39-27-30-49-45(33-39)44-21-10-12-24-48(44)53(49)41-29-26-35-14-7-8-19-38(35)32-41/h1-34H. The first-order chi connectivity index (χ1) is 26.8. The average Bonchev–Trinajstić information content (AvgIpc) is 3.76. The summed E-state index contributed by atoms with van der Waals surface area (Å²) in [6.45, 7) is 0. The van der Waals surface area contributed by atoms with Gasteiger partial charge in [-0.1, -0.05) is 152 Å². The molecule has 0 aliphatic carbocycles. The molecule has 0 spiro atoms. The van der Waals surface area contributed by atoms with Gasteiger partial charge in [-0.25, -0.2) is 0 Å². The van der Waals surface area contributed by atoms with Gasteiger partial charge < -0.3 is 9.13 Å². The van der Waals surface area contributed by atoms with Crippen molar-refractivity contribution in [2.75, 3.05) is 0 Å². The molecule has 0 atom stereocenters. The largest absolute Gasteiger partial charge is 0.309 e. The van der Waals surface area contributed by atoms with E-state index in [1.807, 2.05) is 0 Å². The van der Waals surface area contributed by atoms with E-state index in [1.54, 1.807) is 0 Å². The van der Waals surface area contributed by atoms with Crippen LogP contribution in [-0.2, 0) is 0 Å². The second kappa shape index (κ2) is 12.2. The van der Waals surface area contributed by atoms with Crippen LogP contribution in [0.25, 0.3) is 99.1 Å². The molecule has 2 aromatic heterocycles. The number of fused-ring (bicyclic) bond motifs is 7. The van der Waals surface area contributed by atoms with Crippen molar-refractivity contribution in [3.63, 3.8) is 0 Å². The maximum Gasteiger partial charge on any atom is 0.0547 e. The Labute approximate surface area is 313 Å². The third-order valence-electron chi connectivity index (χ3n) is 11.1. The molecule has 0 fully saturated rings. The van der Waals surface area contributed by atoms with Crippen molar-refractivity contribution in [3.8, 4) is 44.8 Å². The second-order valence-corrected chi connectivity index (χ2v) is 14.1. The van der Waals surface area contributed by atoms with Crippen LogP contribution < -0.4 is 0 Å². The summed E-state index contributed by atoms with van der Waals surface area (Å²) >= 11 is 0. The molecule has 0 unspecified atom stereocenters. The van der Waals surface area contributed by atoms with Gasteiger partial charge in [0.1, 0.15) is 0 Å². The topological polar surface area (TPSA) is 9.86 Å². The molecule has 11 rings (SSSR count). The fourth-order valence-electron chi connectivity index (χ4n) is 8.64. The molecule has 0 radical (unpaired) electrons. The summed E-state index contributed by atoms with van der Waals surface area (Å²) in [5.41, 5.74) is 14.4. The van der Waals surface area contributed by atoms with Gasteiger partial charge in [-0.3, -0.25) is 0 Å². The highest BCUT2D eigenvalue weighted by Crippen LogP contribution is 2.43. The van der Waals surface area contributed by atoms with E-state index < -0.39 is 0 Å². The van der Waals surface area contributed by atoms with Gasteiger partial charge in [0.05, 0.1) is 27.8 Å². The zero-order chi connectivity index (χ0) is 35.6. The van der Waals surface area contributed by atoms with Crippen LogP contribution in [0.15, 0.2) is 206 Å². The first kappa shape index (κ1) is 30.5. The van der Waals surface area contributed by atoms with Crippen LogP contribution >= 0.6 is 0 Å². The van der Waals surface area contributed by atoms with Crippen molar-refractivity contribution in [2.45, 2.75) is 0 Å². The summed E-state index contributed by atoms with van der Waals surface area (Å²) in [5, 5.41) is 7.50. The fourth-order valence-corrected chi connectivity index (χ4v) is 8.64. The minimum atomic E-state index is 1.17. The highest BCUT2D eigenvalue weighted by atomic mass is 15.0. The van der Waals surface area contributed by atoms with Crippen LogP contribution in [0.3, 0.4) is 0 Å². The summed E-state index contributed by atoms with van der Waals surface area (Å²) in [6, 6.07) is 75.2. The maximum atomic E-state index is 2.46. The molecular weight excluding hydrogens is 653 g/mol. The number of nitrogens with zero attached hydrogens (tertiary/aromatic N) is 2. The van der Waals surface area contributed by atoms with E-state index in [0.29, 0.717) is 0 Å². The molecule has 0 saturated heterocycles. The van der Waals surface area contributed by atoms with Crippen molar-refractivity contribution in [2.24, 2.45) is 0 Å². The van der Waals surface area contributed by atoms with Crippen molar-refractivity contribution in [3.05, 3.63) is 206 Å². The highest BCUT2D eigenvalue weighted by Gasteiger charge is 2.20. The molecule has 0 aliphatic heterocycles. The Morgan fingerprint density at radius 1 is 0.278 bits per heavy atom. The molecule has 0 amide bonds. The smallest absolute Gasteiger partial charge is 0.0547 e. The number of para-hydroxylation sites is 2. The van der Waals surface area contributed by atoms with Gasteiger partial charge in [0, 0.05) is 32.8 Å². The summed E-state index contributed by atoms with van der Waals surface area (Å²) in [6.07, 6.45) is 0. The molecule has 2 heteroatoms. The summed E-state index contributed by atoms with van der Waals surface area (Å²) in [4.78, 5) is 0. The van der Waals surface area contributed by atoms with Crippen LogP contribution in [0.2, 0.25) is 0 Å². The van der Waals surface area contributed by atoms with Gasteiger partial charge in [0.25, 0.3) is 0 Å². The van der Waals surface area contributed by atoms with Crippen molar-refractivity contribution >= 4 is 54.4 Å². The quantitative estimate of drug-likeness (QED) is 0.171. The van der Waals surface area contributed by atoms with Crippen LogP contribution in [0.5, 0.6) is 0 Å². The first-order valence-electron chi connectivity index (χ1n) is 18.6. The molecule has 0 aliphatic rings. The molecule has 9 aromatic carbocycles. The number of rotatable bonds is 5. The van der Waals surface area contributed by atoms with E-state index in [1.165, 1.54) is 99.1 Å². The molecule has 0 bridgehead atoms. The molecule has 2 heterocycles. The van der Waals surface area contributed by atoms with E-state index in [0.717, 1.165) is 0 Å². The lowest BCUT2D eigenvalue weighted by Crippen LogP contribution is -1.97. The average molecular weight is 687 g/mol. The van der Waals surface area contributed by atoms with Crippen LogP contribution in [0, 0.1) is 0 Å². The van der Waals surface area contributed by atoms with Crippen molar-refractivity contribution in [1.29, 1.82) is 0 Å². The SMILES string of the molecule is c1ccc(-c2ccccc2-n2c3ccc(-c4ccc5c(c4)c4ccccc4n5-c4ccc5ccccc5c4)cc3c3c(-c4ccccc4)cccc32)cc1. The molecule has 11 aromatic rings. The normalized spacial score (nSPS) is 11.7. The lowest BCUT2D eigenvalue weighted by molar-refractivity contribution is 1.18. The molecule has 2 nitrogen and oxygen atoms in total. The van der Waals surface area contributed by atoms with Gasteiger partial charge >= 0.3 is 0 Å². The van der Waals surface area contributed by atoms with E-state index >= 15 is 0 Å². The Morgan fingerprint density at radius 3 is 1.65 bits per heavy atom. The summed E-state index contributed by atoms with van der Waals surface area (Å²) in [7, 11) is 0. The highest BCUT2D eigenvalue weighted by molar-refractivity contribution is 6.17. The van der Waals surface area contributed by atoms with Crippen molar-refractivity contribution < 1.29 is 0 Å². The Kier molecular flexibility index (Phi) is 6.90. The molecule has 54 heavy (non-hydrogen) atoms. The predicted molar refractivity (Wildman–Crippen MR) is 229 cm³/mol. The predicted octanol–water partition coefficient (Wildman–Crippen LogP) is 14.0. The van der Waals surface area contributed by atoms with Gasteiger partial charge in [-0.2, -0.15) is 0 Å². The number of hydrogen-bond donors (Lipinski definition) is 0. The summed E-state index contributed by atoms with van der Waals surface area (Å²) < 4.78 is 4.87. The minimum absolute atomic E-state index is 1.17. The Balaban J connectivity index is 1.15. The van der Waals surface area contributed by atoms with Gasteiger partial charge in [-0.05, 0) is 93.2 Å². The van der Waals surface area contributed by atoms with Crippen LogP contribution in [-0.4, -0.2) is 9.13 Å². The third kappa shape index (κ3) is 4.74. The zero-order valence-electron chi connectivity index (χ0n) is 29.5.